The van der Waals surface area contributed by atoms with Gasteiger partial charge in [0.1, 0.15) is 6.04 Å². The van der Waals surface area contributed by atoms with Crippen LogP contribution in [0.3, 0.4) is 0 Å². The van der Waals surface area contributed by atoms with Gasteiger partial charge >= 0.3 is 0 Å². The van der Waals surface area contributed by atoms with E-state index in [0.717, 1.165) is 6.42 Å². The molecule has 0 bridgehead atoms. The molecule has 2 aliphatic heterocycles. The lowest BCUT2D eigenvalue weighted by molar-refractivity contribution is -0.131. The Bertz CT molecular complexity index is 669. The number of amides is 3. The topological polar surface area (TPSA) is 105 Å². The number of rotatable bonds is 5. The van der Waals surface area contributed by atoms with Crippen LogP contribution < -0.4 is 16.0 Å². The van der Waals surface area contributed by atoms with E-state index in [1.54, 1.807) is 10.9 Å². The molecule has 0 aromatic carbocycles. The molecule has 3 unspecified atom stereocenters. The normalized spacial score (nSPS) is 26.4. The van der Waals surface area contributed by atoms with Crippen LogP contribution in [0.25, 0.3) is 0 Å². The van der Waals surface area contributed by atoms with Crippen LogP contribution >= 0.6 is 0 Å². The average molecular weight is 347 g/mol. The molecule has 3 rings (SSSR count). The van der Waals surface area contributed by atoms with Crippen molar-refractivity contribution < 1.29 is 14.4 Å². The minimum atomic E-state index is -0.337. The van der Waals surface area contributed by atoms with Crippen LogP contribution in [0.15, 0.2) is 12.4 Å². The lowest BCUT2D eigenvalue weighted by Crippen LogP contribution is -2.46. The van der Waals surface area contributed by atoms with Gasteiger partial charge in [-0.25, -0.2) is 0 Å². The van der Waals surface area contributed by atoms with Gasteiger partial charge in [-0.15, -0.1) is 0 Å². The van der Waals surface area contributed by atoms with E-state index in [1.165, 1.54) is 6.20 Å². The Balaban J connectivity index is 1.61. The van der Waals surface area contributed by atoms with E-state index in [-0.39, 0.29) is 42.1 Å². The number of hydrogen-bond donors (Lipinski definition) is 3. The van der Waals surface area contributed by atoms with E-state index in [2.05, 4.69) is 34.9 Å². The predicted octanol–water partition coefficient (Wildman–Crippen LogP) is 0.824. The van der Waals surface area contributed by atoms with Gasteiger partial charge in [-0.1, -0.05) is 13.8 Å². The van der Waals surface area contributed by atoms with Gasteiger partial charge < -0.3 is 16.0 Å². The highest BCUT2D eigenvalue weighted by Gasteiger charge is 2.32. The van der Waals surface area contributed by atoms with Gasteiger partial charge in [0.25, 0.3) is 0 Å². The zero-order valence-electron chi connectivity index (χ0n) is 14.6. The van der Waals surface area contributed by atoms with Crippen LogP contribution in [0.1, 0.15) is 45.6 Å². The molecule has 0 aliphatic carbocycles. The van der Waals surface area contributed by atoms with Crippen molar-refractivity contribution >= 4 is 23.4 Å². The van der Waals surface area contributed by atoms with Crippen molar-refractivity contribution in [2.75, 3.05) is 11.9 Å². The molecule has 2 saturated heterocycles. The van der Waals surface area contributed by atoms with E-state index in [4.69, 9.17) is 0 Å². The molecule has 8 nitrogen and oxygen atoms in total. The quantitative estimate of drug-likeness (QED) is 0.733. The monoisotopic (exact) mass is 347 g/mol. The van der Waals surface area contributed by atoms with Crippen LogP contribution in [0.2, 0.25) is 0 Å². The fourth-order valence-corrected chi connectivity index (χ4v) is 3.57. The summed E-state index contributed by atoms with van der Waals surface area (Å²) in [6, 6.07) is -0.275. The van der Waals surface area contributed by atoms with Crippen molar-refractivity contribution in [3.05, 3.63) is 12.4 Å². The average Bonchev–Trinajstić information content (AvgIpc) is 3.14. The molecule has 0 spiro atoms. The van der Waals surface area contributed by atoms with Crippen LogP contribution in [0.4, 0.5) is 5.69 Å². The first-order valence-electron chi connectivity index (χ1n) is 8.84. The van der Waals surface area contributed by atoms with Gasteiger partial charge in [-0.05, 0) is 25.2 Å². The summed E-state index contributed by atoms with van der Waals surface area (Å²) in [6.07, 6.45) is 5.62. The number of nitrogens with one attached hydrogen (secondary N) is 3. The number of anilines is 1. The van der Waals surface area contributed by atoms with Crippen LogP contribution in [-0.4, -0.2) is 40.1 Å². The number of piperidine rings is 1. The SMILES string of the molecule is CC(C)CC1CC(C(=O)Nc2cnn(C3CCNC3=O)c2)CC(=O)N1. The first-order valence-corrected chi connectivity index (χ1v) is 8.84. The number of hydrogen-bond acceptors (Lipinski definition) is 4. The summed E-state index contributed by atoms with van der Waals surface area (Å²) in [5, 5.41) is 12.7. The van der Waals surface area contributed by atoms with E-state index < -0.39 is 0 Å². The molecule has 1 aromatic rings. The van der Waals surface area contributed by atoms with Gasteiger partial charge in [-0.2, -0.15) is 5.10 Å². The molecule has 3 heterocycles. The Hall–Kier alpha value is -2.38. The van der Waals surface area contributed by atoms with Crippen molar-refractivity contribution in [3.63, 3.8) is 0 Å². The molecule has 0 radical (unpaired) electrons. The van der Waals surface area contributed by atoms with Crippen molar-refractivity contribution in [2.45, 2.75) is 51.6 Å². The molecule has 2 aliphatic rings. The van der Waals surface area contributed by atoms with Gasteiger partial charge in [0.05, 0.1) is 11.9 Å². The minimum absolute atomic E-state index is 0.0434. The van der Waals surface area contributed by atoms with Crippen molar-refractivity contribution in [1.82, 2.24) is 20.4 Å². The van der Waals surface area contributed by atoms with Crippen LogP contribution in [0.5, 0.6) is 0 Å². The molecule has 3 amide bonds. The standard InChI is InChI=1S/C17H25N5O3/c1-10(2)5-12-6-11(7-15(23)20-12)16(24)21-13-8-19-22(9-13)14-3-4-18-17(14)25/h8-12,14H,3-7H2,1-2H3,(H,18,25)(H,20,23)(H,21,24). The number of aromatic nitrogens is 2. The van der Waals surface area contributed by atoms with E-state index in [1.807, 2.05) is 0 Å². The molecule has 0 saturated carbocycles. The molecule has 3 N–H and O–H groups in total. The molecule has 3 atom stereocenters. The Morgan fingerprint density at radius 1 is 1.44 bits per heavy atom. The van der Waals surface area contributed by atoms with Gasteiger partial charge in [0.15, 0.2) is 0 Å². The highest BCUT2D eigenvalue weighted by Crippen LogP contribution is 2.24. The molecular formula is C17H25N5O3. The maximum atomic E-state index is 12.5. The summed E-state index contributed by atoms with van der Waals surface area (Å²) in [4.78, 5) is 36.1. The summed E-state index contributed by atoms with van der Waals surface area (Å²) >= 11 is 0. The third-order valence-corrected chi connectivity index (χ3v) is 4.70. The Morgan fingerprint density at radius 3 is 2.92 bits per heavy atom. The minimum Gasteiger partial charge on any atom is -0.354 e. The van der Waals surface area contributed by atoms with E-state index >= 15 is 0 Å². The summed E-state index contributed by atoms with van der Waals surface area (Å²) in [5.41, 5.74) is 0.552. The van der Waals surface area contributed by atoms with Gasteiger partial charge in [0.2, 0.25) is 17.7 Å². The Kier molecular flexibility index (Phi) is 5.06. The highest BCUT2D eigenvalue weighted by atomic mass is 16.2. The van der Waals surface area contributed by atoms with Crippen LogP contribution in [0, 0.1) is 11.8 Å². The Labute approximate surface area is 146 Å². The lowest BCUT2D eigenvalue weighted by atomic mass is 9.87. The van der Waals surface area contributed by atoms with Crippen LogP contribution in [-0.2, 0) is 14.4 Å². The highest BCUT2D eigenvalue weighted by molar-refractivity contribution is 5.95. The Morgan fingerprint density at radius 2 is 2.24 bits per heavy atom. The number of carbonyl (C=O) groups is 3. The first kappa shape index (κ1) is 17.4. The maximum Gasteiger partial charge on any atom is 0.244 e. The van der Waals surface area contributed by atoms with Crippen molar-refractivity contribution in [1.29, 1.82) is 0 Å². The zero-order chi connectivity index (χ0) is 18.0. The molecule has 8 heteroatoms. The van der Waals surface area contributed by atoms with Crippen molar-refractivity contribution in [2.24, 2.45) is 11.8 Å². The maximum absolute atomic E-state index is 12.5. The molecule has 1 aromatic heterocycles. The summed E-state index contributed by atoms with van der Waals surface area (Å²) in [6.45, 7) is 4.84. The molecular weight excluding hydrogens is 322 g/mol. The van der Waals surface area contributed by atoms with E-state index in [0.29, 0.717) is 31.0 Å². The zero-order valence-corrected chi connectivity index (χ0v) is 14.6. The second-order valence-electron chi connectivity index (χ2n) is 7.32. The fourth-order valence-electron chi connectivity index (χ4n) is 3.57. The largest absolute Gasteiger partial charge is 0.354 e. The molecule has 2 fully saturated rings. The smallest absolute Gasteiger partial charge is 0.244 e. The molecule has 25 heavy (non-hydrogen) atoms. The predicted molar refractivity (Wildman–Crippen MR) is 91.6 cm³/mol. The van der Waals surface area contributed by atoms with E-state index in [9.17, 15) is 14.4 Å². The molecule has 136 valence electrons. The third-order valence-electron chi connectivity index (χ3n) is 4.70. The number of nitrogens with zero attached hydrogens (tertiary/aromatic N) is 2. The second kappa shape index (κ2) is 7.25. The fraction of sp³-hybridized carbons (Fsp3) is 0.647. The lowest BCUT2D eigenvalue weighted by Gasteiger charge is -2.30. The third kappa shape index (κ3) is 4.18. The van der Waals surface area contributed by atoms with Crippen molar-refractivity contribution in [3.8, 4) is 0 Å². The first-order chi connectivity index (χ1) is 11.9. The van der Waals surface area contributed by atoms with Gasteiger partial charge in [0, 0.05) is 31.1 Å². The summed E-state index contributed by atoms with van der Waals surface area (Å²) in [5.74, 6) is -0.172. The summed E-state index contributed by atoms with van der Waals surface area (Å²) in [7, 11) is 0. The van der Waals surface area contributed by atoms with Gasteiger partial charge in [-0.3, -0.25) is 19.1 Å². The second-order valence-corrected chi connectivity index (χ2v) is 7.32. The summed E-state index contributed by atoms with van der Waals surface area (Å²) < 4.78 is 1.58. The number of carbonyl (C=O) groups excluding carboxylic acids is 3.